The highest BCUT2D eigenvalue weighted by Crippen LogP contribution is 2.25. The lowest BCUT2D eigenvalue weighted by Gasteiger charge is -2.26. The fourth-order valence-electron chi connectivity index (χ4n) is 2.46. The zero-order chi connectivity index (χ0) is 14.5. The van der Waals surface area contributed by atoms with Crippen LogP contribution in [-0.4, -0.2) is 18.5 Å². The predicted molar refractivity (Wildman–Crippen MR) is 82.2 cm³/mol. The van der Waals surface area contributed by atoms with Gasteiger partial charge in [0.1, 0.15) is 6.10 Å². The minimum atomic E-state index is -0.424. The zero-order valence-corrected chi connectivity index (χ0v) is 12.8. The maximum atomic E-state index is 12.3. The zero-order valence-electron chi connectivity index (χ0n) is 12.0. The molecule has 0 aliphatic heterocycles. The number of Topliss-reactive ketones (excluding diaryl/α,β-unsaturated/α-hetero) is 1. The Morgan fingerprint density at radius 2 is 2.15 bits per heavy atom. The summed E-state index contributed by atoms with van der Waals surface area (Å²) in [5, 5.41) is 0.578. The minimum absolute atomic E-state index is 0.00787. The van der Waals surface area contributed by atoms with E-state index in [9.17, 15) is 4.79 Å². The van der Waals surface area contributed by atoms with E-state index in [1.807, 2.05) is 6.92 Å². The quantitative estimate of drug-likeness (QED) is 0.589. The predicted octanol–water partition coefficient (Wildman–Crippen LogP) is 4.53. The van der Waals surface area contributed by atoms with Gasteiger partial charge in [-0.25, -0.2) is 0 Å². The fraction of sp³-hybridized carbons (Fsp3) is 0.471. The van der Waals surface area contributed by atoms with Crippen molar-refractivity contribution < 1.29 is 9.53 Å². The molecular weight excluding hydrogens is 272 g/mol. The third-order valence-corrected chi connectivity index (χ3v) is 4.19. The first kappa shape index (κ1) is 15.3. The van der Waals surface area contributed by atoms with Crippen LogP contribution in [0.1, 0.15) is 37.0 Å². The second kappa shape index (κ2) is 7.05. The van der Waals surface area contributed by atoms with Gasteiger partial charge in [-0.15, -0.1) is 0 Å². The van der Waals surface area contributed by atoms with Crippen LogP contribution in [0.4, 0.5) is 0 Å². The molecule has 0 saturated heterocycles. The summed E-state index contributed by atoms with van der Waals surface area (Å²) in [5.41, 5.74) is 0.613. The molecule has 0 saturated carbocycles. The molecule has 20 heavy (non-hydrogen) atoms. The third-order valence-electron chi connectivity index (χ3n) is 3.96. The first-order chi connectivity index (χ1) is 9.58. The van der Waals surface area contributed by atoms with Gasteiger partial charge >= 0.3 is 0 Å². The van der Waals surface area contributed by atoms with Gasteiger partial charge in [0, 0.05) is 10.6 Å². The van der Waals surface area contributed by atoms with Crippen LogP contribution in [0, 0.1) is 11.8 Å². The Kier molecular flexibility index (Phi) is 5.38. The maximum Gasteiger partial charge on any atom is 0.191 e. The number of ketones is 1. The van der Waals surface area contributed by atoms with E-state index < -0.39 is 6.10 Å². The van der Waals surface area contributed by atoms with Gasteiger partial charge in [-0.1, -0.05) is 42.8 Å². The number of carbonyl (C=O) groups excluding carboxylic acids is 1. The number of allylic oxidation sites excluding steroid dienone is 2. The van der Waals surface area contributed by atoms with E-state index >= 15 is 0 Å². The molecule has 1 aromatic rings. The molecule has 1 aliphatic rings. The summed E-state index contributed by atoms with van der Waals surface area (Å²) in [6.45, 7) is 4.69. The highest BCUT2D eigenvalue weighted by Gasteiger charge is 2.22. The number of halogens is 1. The SMILES string of the molecule is CC(OCC1CC=CCC1C)C(=O)c1cccc(Cl)c1. The largest absolute Gasteiger partial charge is 0.370 e. The maximum absolute atomic E-state index is 12.3. The first-order valence-electron chi connectivity index (χ1n) is 7.14. The lowest BCUT2D eigenvalue weighted by Crippen LogP contribution is -2.27. The van der Waals surface area contributed by atoms with Crippen LogP contribution in [-0.2, 0) is 4.74 Å². The molecule has 0 aromatic heterocycles. The van der Waals surface area contributed by atoms with Crippen molar-refractivity contribution in [2.45, 2.75) is 32.8 Å². The van der Waals surface area contributed by atoms with Crippen LogP contribution >= 0.6 is 11.6 Å². The summed E-state index contributed by atoms with van der Waals surface area (Å²) >= 11 is 5.91. The minimum Gasteiger partial charge on any atom is -0.370 e. The number of carbonyl (C=O) groups is 1. The number of rotatable bonds is 5. The number of hydrogen-bond donors (Lipinski definition) is 0. The molecule has 0 spiro atoms. The van der Waals surface area contributed by atoms with E-state index in [2.05, 4.69) is 19.1 Å². The van der Waals surface area contributed by atoms with Crippen molar-refractivity contribution >= 4 is 17.4 Å². The Morgan fingerprint density at radius 3 is 2.85 bits per heavy atom. The lowest BCUT2D eigenvalue weighted by molar-refractivity contribution is 0.0256. The summed E-state index contributed by atoms with van der Waals surface area (Å²) in [6, 6.07) is 7.02. The van der Waals surface area contributed by atoms with Gasteiger partial charge < -0.3 is 4.74 Å². The molecule has 0 bridgehead atoms. The molecule has 1 aromatic carbocycles. The van der Waals surface area contributed by atoms with Crippen molar-refractivity contribution in [3.8, 4) is 0 Å². The molecule has 3 unspecified atom stereocenters. The van der Waals surface area contributed by atoms with E-state index in [4.69, 9.17) is 16.3 Å². The van der Waals surface area contributed by atoms with Crippen molar-refractivity contribution in [3.63, 3.8) is 0 Å². The Labute approximate surface area is 125 Å². The molecule has 0 N–H and O–H groups in total. The van der Waals surface area contributed by atoms with E-state index in [0.717, 1.165) is 12.8 Å². The van der Waals surface area contributed by atoms with E-state index in [1.54, 1.807) is 24.3 Å². The van der Waals surface area contributed by atoms with Gasteiger partial charge in [0.15, 0.2) is 5.78 Å². The van der Waals surface area contributed by atoms with Crippen molar-refractivity contribution in [3.05, 3.63) is 47.0 Å². The second-order valence-electron chi connectivity index (χ2n) is 5.53. The molecule has 0 heterocycles. The molecule has 0 radical (unpaired) electrons. The van der Waals surface area contributed by atoms with Crippen LogP contribution in [0.15, 0.2) is 36.4 Å². The van der Waals surface area contributed by atoms with Crippen molar-refractivity contribution in [1.29, 1.82) is 0 Å². The van der Waals surface area contributed by atoms with Gasteiger partial charge in [-0.3, -0.25) is 4.79 Å². The topological polar surface area (TPSA) is 26.3 Å². The summed E-state index contributed by atoms with van der Waals surface area (Å²) in [6.07, 6.45) is 6.15. The molecule has 3 heteroatoms. The number of ether oxygens (including phenoxy) is 1. The van der Waals surface area contributed by atoms with Crippen molar-refractivity contribution in [1.82, 2.24) is 0 Å². The molecule has 2 rings (SSSR count). The van der Waals surface area contributed by atoms with Crippen LogP contribution in [0.3, 0.4) is 0 Å². The van der Waals surface area contributed by atoms with Crippen LogP contribution in [0.5, 0.6) is 0 Å². The van der Waals surface area contributed by atoms with Crippen molar-refractivity contribution in [2.75, 3.05) is 6.61 Å². The summed E-state index contributed by atoms with van der Waals surface area (Å²) in [7, 11) is 0. The van der Waals surface area contributed by atoms with E-state index in [-0.39, 0.29) is 5.78 Å². The van der Waals surface area contributed by atoms with Crippen LogP contribution in [0.2, 0.25) is 5.02 Å². The highest BCUT2D eigenvalue weighted by atomic mass is 35.5. The van der Waals surface area contributed by atoms with Gasteiger partial charge in [0.25, 0.3) is 0 Å². The highest BCUT2D eigenvalue weighted by molar-refractivity contribution is 6.31. The summed E-state index contributed by atoms with van der Waals surface area (Å²) < 4.78 is 5.78. The first-order valence-corrected chi connectivity index (χ1v) is 7.52. The lowest BCUT2D eigenvalue weighted by atomic mass is 9.85. The van der Waals surface area contributed by atoms with Gasteiger partial charge in [-0.2, -0.15) is 0 Å². The molecule has 3 atom stereocenters. The second-order valence-corrected chi connectivity index (χ2v) is 5.97. The van der Waals surface area contributed by atoms with Gasteiger partial charge in [0.05, 0.1) is 6.61 Å². The normalized spacial score (nSPS) is 23.6. The smallest absolute Gasteiger partial charge is 0.191 e. The third kappa shape index (κ3) is 3.94. The molecule has 0 amide bonds. The number of hydrogen-bond acceptors (Lipinski definition) is 2. The van der Waals surface area contributed by atoms with Crippen LogP contribution in [0.25, 0.3) is 0 Å². The van der Waals surface area contributed by atoms with Crippen molar-refractivity contribution in [2.24, 2.45) is 11.8 Å². The Hall–Kier alpha value is -1.12. The fourth-order valence-corrected chi connectivity index (χ4v) is 2.65. The average molecular weight is 293 g/mol. The monoisotopic (exact) mass is 292 g/mol. The standard InChI is InChI=1S/C17H21ClO2/c1-12-6-3-4-7-15(12)11-20-13(2)17(19)14-8-5-9-16(18)10-14/h3-5,8-10,12-13,15H,6-7,11H2,1-2H3. The van der Waals surface area contributed by atoms with Gasteiger partial charge in [-0.05, 0) is 43.7 Å². The summed E-state index contributed by atoms with van der Waals surface area (Å²) in [4.78, 5) is 12.3. The van der Waals surface area contributed by atoms with Crippen LogP contribution < -0.4 is 0 Å². The molecule has 1 aliphatic carbocycles. The molecule has 108 valence electrons. The number of benzene rings is 1. The Bertz CT molecular complexity index is 496. The average Bonchev–Trinajstić information content (AvgIpc) is 2.45. The Balaban J connectivity index is 1.90. The molecule has 0 fully saturated rings. The Morgan fingerprint density at radius 1 is 1.40 bits per heavy atom. The van der Waals surface area contributed by atoms with E-state index in [1.165, 1.54) is 0 Å². The molecule has 2 nitrogen and oxygen atoms in total. The molecular formula is C17H21ClO2. The van der Waals surface area contributed by atoms with Gasteiger partial charge in [0.2, 0.25) is 0 Å². The van der Waals surface area contributed by atoms with E-state index in [0.29, 0.717) is 29.0 Å². The summed E-state index contributed by atoms with van der Waals surface area (Å²) in [5.74, 6) is 1.12.